The first-order chi connectivity index (χ1) is 8.93. The lowest BCUT2D eigenvalue weighted by Crippen LogP contribution is -2.51. The number of methoxy groups -OCH3 is 1. The van der Waals surface area contributed by atoms with Crippen molar-refractivity contribution in [2.24, 2.45) is 5.92 Å². The number of hydrogen-bond donors (Lipinski definition) is 2. The van der Waals surface area contributed by atoms with Gasteiger partial charge in [0.1, 0.15) is 0 Å². The predicted molar refractivity (Wildman–Crippen MR) is 71.0 cm³/mol. The third kappa shape index (κ3) is 5.06. The minimum Gasteiger partial charge on any atom is -0.481 e. The summed E-state index contributed by atoms with van der Waals surface area (Å²) in [5.74, 6) is -0.810. The molecule has 0 aromatic rings. The van der Waals surface area contributed by atoms with Gasteiger partial charge in [-0.15, -0.1) is 0 Å². The summed E-state index contributed by atoms with van der Waals surface area (Å²) in [5, 5.41) is 11.7. The molecular weight excluding hydrogens is 248 g/mol. The molecule has 1 aliphatic heterocycles. The fourth-order valence-electron chi connectivity index (χ4n) is 2.21. The van der Waals surface area contributed by atoms with E-state index in [1.165, 1.54) is 0 Å². The number of rotatable bonds is 5. The summed E-state index contributed by atoms with van der Waals surface area (Å²) >= 11 is 0. The number of carbonyl (C=O) groups is 2. The summed E-state index contributed by atoms with van der Waals surface area (Å²) in [6.45, 7) is 5.08. The molecule has 0 spiro atoms. The van der Waals surface area contributed by atoms with Crippen LogP contribution in [0.15, 0.2) is 0 Å². The number of hydrogen-bond acceptors (Lipinski definition) is 3. The van der Waals surface area contributed by atoms with Crippen LogP contribution in [0.2, 0.25) is 0 Å². The van der Waals surface area contributed by atoms with Gasteiger partial charge in [-0.3, -0.25) is 4.79 Å². The van der Waals surface area contributed by atoms with Gasteiger partial charge in [0.2, 0.25) is 0 Å². The normalized spacial score (nSPS) is 21.3. The van der Waals surface area contributed by atoms with Gasteiger partial charge in [0.15, 0.2) is 0 Å². The number of carboxylic acids is 1. The van der Waals surface area contributed by atoms with E-state index in [1.54, 1.807) is 12.0 Å². The molecule has 1 rings (SSSR count). The molecule has 0 aromatic carbocycles. The first kappa shape index (κ1) is 15.8. The highest BCUT2D eigenvalue weighted by Crippen LogP contribution is 2.14. The maximum Gasteiger partial charge on any atom is 0.317 e. The van der Waals surface area contributed by atoms with Crippen molar-refractivity contribution >= 4 is 12.0 Å². The molecule has 0 bridgehead atoms. The van der Waals surface area contributed by atoms with Crippen LogP contribution in [0, 0.1) is 5.92 Å². The quantitative estimate of drug-likeness (QED) is 0.791. The second kappa shape index (κ2) is 7.33. The Hall–Kier alpha value is -1.30. The Morgan fingerprint density at radius 1 is 1.47 bits per heavy atom. The number of urea groups is 1. The molecule has 0 aromatic heterocycles. The van der Waals surface area contributed by atoms with Gasteiger partial charge >= 0.3 is 12.0 Å². The molecule has 0 aliphatic carbocycles. The van der Waals surface area contributed by atoms with E-state index in [1.807, 2.05) is 13.8 Å². The molecule has 6 heteroatoms. The van der Waals surface area contributed by atoms with Gasteiger partial charge in [-0.25, -0.2) is 4.79 Å². The van der Waals surface area contributed by atoms with Crippen molar-refractivity contribution in [3.05, 3.63) is 0 Å². The highest BCUT2D eigenvalue weighted by atomic mass is 16.5. The third-order valence-electron chi connectivity index (χ3n) is 3.51. The van der Waals surface area contributed by atoms with Crippen LogP contribution in [-0.2, 0) is 9.53 Å². The third-order valence-corrected chi connectivity index (χ3v) is 3.51. The monoisotopic (exact) mass is 272 g/mol. The van der Waals surface area contributed by atoms with E-state index in [0.717, 1.165) is 12.8 Å². The average Bonchev–Trinajstić information content (AvgIpc) is 2.37. The molecule has 6 nitrogen and oxygen atoms in total. The Balaban J connectivity index is 2.53. The van der Waals surface area contributed by atoms with Gasteiger partial charge in [-0.05, 0) is 18.8 Å². The first-order valence-corrected chi connectivity index (χ1v) is 6.74. The predicted octanol–water partition coefficient (Wildman–Crippen LogP) is 1.31. The largest absolute Gasteiger partial charge is 0.481 e. The van der Waals surface area contributed by atoms with Gasteiger partial charge in [0.05, 0.1) is 12.5 Å². The van der Waals surface area contributed by atoms with Crippen LogP contribution in [-0.4, -0.2) is 54.4 Å². The summed E-state index contributed by atoms with van der Waals surface area (Å²) in [6.07, 6.45) is 1.90. The van der Waals surface area contributed by atoms with Crippen LogP contribution < -0.4 is 5.32 Å². The van der Waals surface area contributed by atoms with Crippen LogP contribution >= 0.6 is 0 Å². The summed E-state index contributed by atoms with van der Waals surface area (Å²) in [6, 6.07) is -0.533. The molecule has 2 atom stereocenters. The highest BCUT2D eigenvalue weighted by molar-refractivity contribution is 5.76. The minimum atomic E-state index is -0.896. The maximum absolute atomic E-state index is 12.1. The second-order valence-corrected chi connectivity index (χ2v) is 5.34. The van der Waals surface area contributed by atoms with Crippen molar-refractivity contribution in [2.45, 2.75) is 45.3 Å². The number of carboxylic acid groups (broad SMARTS) is 1. The number of amides is 2. The molecule has 1 fully saturated rings. The van der Waals surface area contributed by atoms with E-state index in [4.69, 9.17) is 9.84 Å². The minimum absolute atomic E-state index is 0.0506. The molecule has 110 valence electrons. The molecule has 19 heavy (non-hydrogen) atoms. The fourth-order valence-corrected chi connectivity index (χ4v) is 2.21. The van der Waals surface area contributed by atoms with Gasteiger partial charge in [-0.2, -0.15) is 0 Å². The Bertz CT molecular complexity index is 320. The number of likely N-dealkylation sites (tertiary alicyclic amines) is 1. The van der Waals surface area contributed by atoms with Crippen molar-refractivity contribution in [1.82, 2.24) is 10.2 Å². The number of aliphatic carboxylic acids is 1. The van der Waals surface area contributed by atoms with Crippen molar-refractivity contribution in [3.8, 4) is 0 Å². The molecule has 1 aliphatic rings. The summed E-state index contributed by atoms with van der Waals surface area (Å²) < 4.78 is 5.27. The van der Waals surface area contributed by atoms with Crippen LogP contribution in [0.1, 0.15) is 33.1 Å². The summed E-state index contributed by atoms with van der Waals surface area (Å²) in [7, 11) is 1.65. The maximum atomic E-state index is 12.1. The lowest BCUT2D eigenvalue weighted by atomic mass is 10.0. The van der Waals surface area contributed by atoms with Crippen molar-refractivity contribution in [3.63, 3.8) is 0 Å². The summed E-state index contributed by atoms with van der Waals surface area (Å²) in [5.41, 5.74) is 0. The number of nitrogens with zero attached hydrogens (tertiary/aromatic N) is 1. The van der Waals surface area contributed by atoms with Crippen molar-refractivity contribution in [2.75, 3.05) is 20.2 Å². The zero-order chi connectivity index (χ0) is 14.4. The van der Waals surface area contributed by atoms with Crippen molar-refractivity contribution < 1.29 is 19.4 Å². The highest BCUT2D eigenvalue weighted by Gasteiger charge is 2.26. The van der Waals surface area contributed by atoms with E-state index >= 15 is 0 Å². The number of nitrogens with one attached hydrogen (secondary N) is 1. The Kier molecular flexibility index (Phi) is 6.08. The molecule has 1 saturated heterocycles. The molecule has 2 N–H and O–H groups in total. The lowest BCUT2D eigenvalue weighted by molar-refractivity contribution is -0.137. The Labute approximate surface area is 114 Å². The Morgan fingerprint density at radius 2 is 2.16 bits per heavy atom. The molecular formula is C13H24N2O4. The molecule has 2 unspecified atom stereocenters. The average molecular weight is 272 g/mol. The van der Waals surface area contributed by atoms with Crippen molar-refractivity contribution in [1.29, 1.82) is 0 Å². The van der Waals surface area contributed by atoms with E-state index in [2.05, 4.69) is 5.32 Å². The molecule has 1 heterocycles. The number of ether oxygens (including phenoxy) is 1. The van der Waals surface area contributed by atoms with Gasteiger partial charge in [0.25, 0.3) is 0 Å². The summed E-state index contributed by atoms with van der Waals surface area (Å²) in [4.78, 5) is 24.6. The van der Waals surface area contributed by atoms with Gasteiger partial charge in [0, 0.05) is 26.2 Å². The van der Waals surface area contributed by atoms with E-state index in [0.29, 0.717) is 13.1 Å². The standard InChI is InChI=1S/C13H24N2O4/c1-9(2)11(7-12(16)17)14-13(18)15-6-4-5-10(8-15)19-3/h9-11H,4-8H2,1-3H3,(H,14,18)(H,16,17). The molecule has 2 amide bonds. The Morgan fingerprint density at radius 3 is 2.68 bits per heavy atom. The van der Waals surface area contributed by atoms with Crippen LogP contribution in [0.3, 0.4) is 0 Å². The van der Waals surface area contributed by atoms with E-state index < -0.39 is 5.97 Å². The second-order valence-electron chi connectivity index (χ2n) is 5.34. The SMILES string of the molecule is COC1CCCN(C(=O)NC(CC(=O)O)C(C)C)C1. The smallest absolute Gasteiger partial charge is 0.317 e. The van der Waals surface area contributed by atoms with Gasteiger partial charge in [-0.1, -0.05) is 13.8 Å². The van der Waals surface area contributed by atoms with Crippen LogP contribution in [0.5, 0.6) is 0 Å². The first-order valence-electron chi connectivity index (χ1n) is 6.74. The topological polar surface area (TPSA) is 78.9 Å². The number of carbonyl (C=O) groups excluding carboxylic acids is 1. The molecule has 0 radical (unpaired) electrons. The van der Waals surface area contributed by atoms with E-state index in [-0.39, 0.29) is 30.5 Å². The van der Waals surface area contributed by atoms with Crippen LogP contribution in [0.4, 0.5) is 4.79 Å². The number of piperidine rings is 1. The van der Waals surface area contributed by atoms with E-state index in [9.17, 15) is 9.59 Å². The van der Waals surface area contributed by atoms with Crippen LogP contribution in [0.25, 0.3) is 0 Å². The fraction of sp³-hybridized carbons (Fsp3) is 0.846. The zero-order valence-electron chi connectivity index (χ0n) is 11.9. The van der Waals surface area contributed by atoms with Gasteiger partial charge < -0.3 is 20.1 Å². The zero-order valence-corrected chi connectivity index (χ0v) is 11.9. The molecule has 0 saturated carbocycles. The lowest BCUT2D eigenvalue weighted by Gasteiger charge is -2.33.